The Hall–Kier alpha value is -2.39. The first-order valence-corrected chi connectivity index (χ1v) is 6.85. The summed E-state index contributed by atoms with van der Waals surface area (Å²) < 4.78 is 0. The zero-order chi connectivity index (χ0) is 15.6. The molecule has 1 aromatic rings. The van der Waals surface area contributed by atoms with Crippen LogP contribution in [0.5, 0.6) is 0 Å². The van der Waals surface area contributed by atoms with Gasteiger partial charge in [-0.05, 0) is 5.56 Å². The molecule has 108 valence electrons. The van der Waals surface area contributed by atoms with Crippen molar-refractivity contribution >= 4 is 23.1 Å². The number of thiocarbonyl (C=S) groups is 1. The van der Waals surface area contributed by atoms with Gasteiger partial charge in [-0.15, -0.1) is 0 Å². The van der Waals surface area contributed by atoms with E-state index in [4.69, 9.17) is 18.0 Å². The van der Waals surface area contributed by atoms with Crippen molar-refractivity contribution in [1.29, 1.82) is 5.26 Å². The zero-order valence-corrected chi connectivity index (χ0v) is 12.6. The molecule has 1 aliphatic rings. The van der Waals surface area contributed by atoms with Crippen molar-refractivity contribution in [2.24, 2.45) is 11.7 Å². The van der Waals surface area contributed by atoms with Crippen LogP contribution in [0.15, 0.2) is 41.7 Å². The summed E-state index contributed by atoms with van der Waals surface area (Å²) in [5.41, 5.74) is 7.07. The number of amides is 1. The van der Waals surface area contributed by atoms with Gasteiger partial charge in [0, 0.05) is 20.0 Å². The average molecular weight is 300 g/mol. The second-order valence-electron chi connectivity index (χ2n) is 5.03. The third-order valence-corrected chi connectivity index (χ3v) is 3.82. The Balaban J connectivity index is 2.60. The summed E-state index contributed by atoms with van der Waals surface area (Å²) in [7, 11) is 3.33. The first-order chi connectivity index (χ1) is 9.97. The number of rotatable bonds is 2. The van der Waals surface area contributed by atoms with Crippen molar-refractivity contribution in [1.82, 2.24) is 10.2 Å². The van der Waals surface area contributed by atoms with Crippen LogP contribution in [0, 0.1) is 17.2 Å². The van der Waals surface area contributed by atoms with Gasteiger partial charge in [-0.2, -0.15) is 5.26 Å². The maximum absolute atomic E-state index is 12.5. The van der Waals surface area contributed by atoms with Gasteiger partial charge in [0.05, 0.1) is 16.6 Å². The summed E-state index contributed by atoms with van der Waals surface area (Å²) in [4.78, 5) is 14.3. The third kappa shape index (κ3) is 2.73. The lowest BCUT2D eigenvalue weighted by Crippen LogP contribution is -2.48. The van der Waals surface area contributed by atoms with E-state index in [1.54, 1.807) is 14.1 Å². The van der Waals surface area contributed by atoms with Crippen LogP contribution < -0.4 is 11.1 Å². The Bertz CT molecular complexity index is 645. The summed E-state index contributed by atoms with van der Waals surface area (Å²) in [6.45, 7) is 0. The van der Waals surface area contributed by atoms with Crippen LogP contribution in [0.3, 0.4) is 0 Å². The second kappa shape index (κ2) is 5.94. The molecule has 0 aromatic heterocycles. The number of hydrogen-bond donors (Lipinski definition) is 2. The molecule has 5 nitrogen and oxygen atoms in total. The molecule has 0 unspecified atom stereocenters. The quantitative estimate of drug-likeness (QED) is 0.799. The average Bonchev–Trinajstić information content (AvgIpc) is 2.46. The van der Waals surface area contributed by atoms with Gasteiger partial charge in [0.25, 0.3) is 0 Å². The van der Waals surface area contributed by atoms with Crippen molar-refractivity contribution < 1.29 is 4.79 Å². The molecule has 1 amide bonds. The molecule has 0 spiro atoms. The Morgan fingerprint density at radius 3 is 2.52 bits per heavy atom. The highest BCUT2D eigenvalue weighted by Crippen LogP contribution is 2.36. The predicted octanol–water partition coefficient (Wildman–Crippen LogP) is 1.10. The number of nitrogens with two attached hydrogens (primary N) is 1. The molecule has 1 aromatic carbocycles. The Kier molecular flexibility index (Phi) is 4.24. The van der Waals surface area contributed by atoms with E-state index in [-0.39, 0.29) is 11.7 Å². The Labute approximate surface area is 129 Å². The van der Waals surface area contributed by atoms with E-state index in [0.717, 1.165) is 5.56 Å². The molecule has 0 aliphatic carbocycles. The molecule has 0 fully saturated rings. The van der Waals surface area contributed by atoms with Crippen LogP contribution in [0.4, 0.5) is 0 Å². The van der Waals surface area contributed by atoms with Gasteiger partial charge >= 0.3 is 0 Å². The lowest BCUT2D eigenvalue weighted by Gasteiger charge is -2.34. The van der Waals surface area contributed by atoms with Crippen molar-refractivity contribution in [2.75, 3.05) is 14.1 Å². The van der Waals surface area contributed by atoms with Crippen molar-refractivity contribution in [3.05, 3.63) is 47.3 Å². The number of allylic oxidation sites excluding steroid dienone is 1. The van der Waals surface area contributed by atoms with E-state index in [1.165, 1.54) is 4.90 Å². The maximum atomic E-state index is 12.5. The highest BCUT2D eigenvalue weighted by atomic mass is 32.1. The van der Waals surface area contributed by atoms with Crippen LogP contribution in [0.2, 0.25) is 0 Å². The van der Waals surface area contributed by atoms with Gasteiger partial charge in [-0.3, -0.25) is 4.79 Å². The minimum absolute atomic E-state index is 0.151. The number of hydrogen-bond acceptors (Lipinski definition) is 4. The highest BCUT2D eigenvalue weighted by molar-refractivity contribution is 7.80. The van der Waals surface area contributed by atoms with Gasteiger partial charge in [0.15, 0.2) is 0 Å². The monoisotopic (exact) mass is 300 g/mol. The fraction of sp³-hybridized carbons (Fsp3) is 0.267. The first kappa shape index (κ1) is 15.0. The second-order valence-corrected chi connectivity index (χ2v) is 5.47. The molecular formula is C15H16N4OS. The molecule has 1 aliphatic heterocycles. The minimum Gasteiger partial charge on any atom is -0.384 e. The molecular weight excluding hydrogens is 284 g/mol. The van der Waals surface area contributed by atoms with Crippen LogP contribution in [-0.2, 0) is 4.79 Å². The van der Waals surface area contributed by atoms with E-state index >= 15 is 0 Å². The van der Waals surface area contributed by atoms with Crippen molar-refractivity contribution in [3.8, 4) is 6.07 Å². The molecule has 0 radical (unpaired) electrons. The van der Waals surface area contributed by atoms with Crippen molar-refractivity contribution in [3.63, 3.8) is 0 Å². The molecule has 6 heteroatoms. The van der Waals surface area contributed by atoms with Gasteiger partial charge in [0.1, 0.15) is 11.7 Å². The van der Waals surface area contributed by atoms with E-state index in [2.05, 4.69) is 11.4 Å². The smallest absolute Gasteiger partial charge is 0.233 e. The zero-order valence-electron chi connectivity index (χ0n) is 11.8. The number of nitrogens with one attached hydrogen (secondary N) is 1. The standard InChI is InChI=1S/C15H16N4OS/c1-19(2)15(20)12-11(9-6-4-3-5-7-9)10(8-16)13(17)18-14(12)21/h3-7,11-12H,17H2,1-2H3,(H,18,21)/t11-,12+/m1/s1. The third-order valence-electron chi connectivity index (χ3n) is 3.46. The fourth-order valence-corrected chi connectivity index (χ4v) is 2.79. The molecule has 21 heavy (non-hydrogen) atoms. The molecule has 0 saturated carbocycles. The molecule has 1 heterocycles. The van der Waals surface area contributed by atoms with Gasteiger partial charge in [-0.25, -0.2) is 0 Å². The number of nitriles is 1. The van der Waals surface area contributed by atoms with E-state index in [1.807, 2.05) is 30.3 Å². The SMILES string of the molecule is CN(C)C(=O)[C@@H]1C(=S)NC(N)=C(C#N)[C@H]1c1ccccc1. The van der Waals surface area contributed by atoms with Crippen LogP contribution in [0.1, 0.15) is 11.5 Å². The number of carbonyl (C=O) groups excluding carboxylic acids is 1. The first-order valence-electron chi connectivity index (χ1n) is 6.44. The van der Waals surface area contributed by atoms with Crippen LogP contribution in [0.25, 0.3) is 0 Å². The topological polar surface area (TPSA) is 82.2 Å². The number of benzene rings is 1. The van der Waals surface area contributed by atoms with Gasteiger partial charge < -0.3 is 16.0 Å². The van der Waals surface area contributed by atoms with Gasteiger partial charge in [-0.1, -0.05) is 42.5 Å². The number of nitrogens with zero attached hydrogens (tertiary/aromatic N) is 2. The predicted molar refractivity (Wildman–Crippen MR) is 83.9 cm³/mol. The highest BCUT2D eigenvalue weighted by Gasteiger charge is 2.41. The molecule has 3 N–H and O–H groups in total. The summed E-state index contributed by atoms with van der Waals surface area (Å²) in [6.07, 6.45) is 0. The normalized spacial score (nSPS) is 21.5. The minimum atomic E-state index is -0.626. The maximum Gasteiger partial charge on any atom is 0.233 e. The summed E-state index contributed by atoms with van der Waals surface area (Å²) in [6, 6.07) is 11.5. The van der Waals surface area contributed by atoms with E-state index < -0.39 is 11.8 Å². The van der Waals surface area contributed by atoms with Crippen LogP contribution >= 0.6 is 12.2 Å². The summed E-state index contributed by atoms with van der Waals surface area (Å²) >= 11 is 5.30. The largest absolute Gasteiger partial charge is 0.384 e. The lowest BCUT2D eigenvalue weighted by molar-refractivity contribution is -0.131. The van der Waals surface area contributed by atoms with Gasteiger partial charge in [0.2, 0.25) is 5.91 Å². The van der Waals surface area contributed by atoms with E-state index in [9.17, 15) is 10.1 Å². The van der Waals surface area contributed by atoms with Crippen LogP contribution in [-0.4, -0.2) is 29.9 Å². The number of carbonyl (C=O) groups is 1. The Morgan fingerprint density at radius 1 is 1.38 bits per heavy atom. The summed E-state index contributed by atoms with van der Waals surface area (Å²) in [5.74, 6) is -1.01. The van der Waals surface area contributed by atoms with Crippen molar-refractivity contribution in [2.45, 2.75) is 5.92 Å². The Morgan fingerprint density at radius 2 is 2.00 bits per heavy atom. The summed E-state index contributed by atoms with van der Waals surface area (Å²) in [5, 5.41) is 12.2. The lowest BCUT2D eigenvalue weighted by atomic mass is 9.78. The fourth-order valence-electron chi connectivity index (χ4n) is 2.45. The molecule has 2 rings (SSSR count). The molecule has 2 atom stereocenters. The molecule has 0 bridgehead atoms. The van der Waals surface area contributed by atoms with E-state index in [0.29, 0.717) is 10.6 Å². The molecule has 0 saturated heterocycles.